The summed E-state index contributed by atoms with van der Waals surface area (Å²) in [6.07, 6.45) is 7.74. The fourth-order valence-electron chi connectivity index (χ4n) is 5.71. The molecule has 0 saturated carbocycles. The van der Waals surface area contributed by atoms with Crippen molar-refractivity contribution in [2.75, 3.05) is 45.3 Å². The van der Waals surface area contributed by atoms with E-state index in [9.17, 15) is 4.79 Å². The van der Waals surface area contributed by atoms with Crippen molar-refractivity contribution in [3.63, 3.8) is 0 Å². The summed E-state index contributed by atoms with van der Waals surface area (Å²) in [5.74, 6) is 0.620. The van der Waals surface area contributed by atoms with Gasteiger partial charge < -0.3 is 29.7 Å². The standard InChI is InChI=1S/C29H41N5O4/c1-20-6-8-21(9-7-20)26-5-3-4-23(38-26)17-30-28-16-25(31-19-32-28)29(35)34-13-10-22(11-14-34)33-24-12-15-37-18-27(24)36-2/h6-9,16,19,22-24,26-27,33H,3-5,10-15,17-18H2,1-2H3,(H,30,31,32)/t23-,24?,26+,27?/m1/s1. The van der Waals surface area contributed by atoms with E-state index in [1.54, 1.807) is 13.2 Å². The molecule has 4 heterocycles. The average Bonchev–Trinajstić information content (AvgIpc) is 2.97. The molecule has 9 nitrogen and oxygen atoms in total. The smallest absolute Gasteiger partial charge is 0.272 e. The lowest BCUT2D eigenvalue weighted by atomic mass is 9.97. The third-order valence-corrected chi connectivity index (χ3v) is 8.03. The summed E-state index contributed by atoms with van der Waals surface area (Å²) < 4.78 is 17.5. The number of nitrogens with zero attached hydrogens (tertiary/aromatic N) is 3. The molecule has 0 spiro atoms. The molecule has 0 aliphatic carbocycles. The molecule has 2 unspecified atom stereocenters. The number of aromatic nitrogens is 2. The van der Waals surface area contributed by atoms with Crippen molar-refractivity contribution in [3.8, 4) is 0 Å². The van der Waals surface area contributed by atoms with E-state index < -0.39 is 0 Å². The summed E-state index contributed by atoms with van der Waals surface area (Å²) >= 11 is 0. The summed E-state index contributed by atoms with van der Waals surface area (Å²) in [5, 5.41) is 7.12. The van der Waals surface area contributed by atoms with Gasteiger partial charge >= 0.3 is 0 Å². The second-order valence-electron chi connectivity index (χ2n) is 10.7. The number of carbonyl (C=O) groups excluding carboxylic acids is 1. The van der Waals surface area contributed by atoms with Crippen molar-refractivity contribution in [2.24, 2.45) is 0 Å². The van der Waals surface area contributed by atoms with E-state index in [2.05, 4.69) is 51.8 Å². The minimum Gasteiger partial charge on any atom is -0.379 e. The van der Waals surface area contributed by atoms with Crippen LogP contribution in [0.5, 0.6) is 0 Å². The Morgan fingerprint density at radius 2 is 1.92 bits per heavy atom. The number of aryl methyl sites for hydroxylation is 1. The number of benzene rings is 1. The normalized spacial score (nSPS) is 26.7. The van der Waals surface area contributed by atoms with E-state index >= 15 is 0 Å². The first-order valence-corrected chi connectivity index (χ1v) is 14.0. The highest BCUT2D eigenvalue weighted by Crippen LogP contribution is 2.31. The third kappa shape index (κ3) is 6.88. The monoisotopic (exact) mass is 523 g/mol. The van der Waals surface area contributed by atoms with E-state index in [0.717, 1.165) is 45.1 Å². The maximum atomic E-state index is 13.2. The highest BCUT2D eigenvalue weighted by Gasteiger charge is 2.31. The topological polar surface area (TPSA) is 97.8 Å². The second kappa shape index (κ2) is 13.0. The van der Waals surface area contributed by atoms with Crippen LogP contribution in [0.4, 0.5) is 5.82 Å². The number of likely N-dealkylation sites (tertiary alicyclic amines) is 1. The van der Waals surface area contributed by atoms with Crippen LogP contribution >= 0.6 is 0 Å². The SMILES string of the molecule is COC1COCCC1NC1CCN(C(=O)c2cc(NC[C@H]3CCC[C@@H](c4ccc(C)cc4)O3)ncn2)CC1. The zero-order valence-electron chi connectivity index (χ0n) is 22.6. The van der Waals surface area contributed by atoms with Crippen LogP contribution in [0.15, 0.2) is 36.7 Å². The molecule has 1 aromatic carbocycles. The molecule has 3 fully saturated rings. The van der Waals surface area contributed by atoms with Crippen LogP contribution < -0.4 is 10.6 Å². The molecule has 38 heavy (non-hydrogen) atoms. The highest BCUT2D eigenvalue weighted by molar-refractivity contribution is 5.93. The van der Waals surface area contributed by atoms with E-state index in [1.807, 2.05) is 4.90 Å². The molecule has 0 bridgehead atoms. The van der Waals surface area contributed by atoms with Crippen LogP contribution in [0.25, 0.3) is 0 Å². The summed E-state index contributed by atoms with van der Waals surface area (Å²) in [6.45, 7) is 5.57. The van der Waals surface area contributed by atoms with Gasteiger partial charge in [-0.1, -0.05) is 29.8 Å². The maximum Gasteiger partial charge on any atom is 0.272 e. The number of amides is 1. The number of methoxy groups -OCH3 is 1. The van der Waals surface area contributed by atoms with Crippen molar-refractivity contribution in [2.45, 2.75) is 75.8 Å². The predicted molar refractivity (Wildman–Crippen MR) is 145 cm³/mol. The molecule has 0 radical (unpaired) electrons. The number of anilines is 1. The Kier molecular flexibility index (Phi) is 9.22. The van der Waals surface area contributed by atoms with Crippen LogP contribution in [-0.4, -0.2) is 85.0 Å². The number of piperidine rings is 1. The predicted octanol–water partition coefficient (Wildman–Crippen LogP) is 3.51. The molecular weight excluding hydrogens is 482 g/mol. The van der Waals surface area contributed by atoms with Crippen LogP contribution in [-0.2, 0) is 14.2 Å². The Bertz CT molecular complexity index is 1040. The number of ether oxygens (including phenoxy) is 3. The van der Waals surface area contributed by atoms with Crippen LogP contribution in [0.2, 0.25) is 0 Å². The number of rotatable bonds is 8. The Labute approximate surface area is 225 Å². The third-order valence-electron chi connectivity index (χ3n) is 8.03. The first kappa shape index (κ1) is 27.0. The number of carbonyl (C=O) groups is 1. The quantitative estimate of drug-likeness (QED) is 0.543. The molecule has 1 amide bonds. The van der Waals surface area contributed by atoms with Gasteiger partial charge in [-0.25, -0.2) is 9.97 Å². The van der Waals surface area contributed by atoms with Gasteiger partial charge in [0.1, 0.15) is 17.8 Å². The lowest BCUT2D eigenvalue weighted by Crippen LogP contribution is -2.54. The average molecular weight is 524 g/mol. The van der Waals surface area contributed by atoms with Crippen LogP contribution in [0.1, 0.15) is 66.2 Å². The Hall–Kier alpha value is -2.59. The maximum absolute atomic E-state index is 13.2. The van der Waals surface area contributed by atoms with Gasteiger partial charge in [0.15, 0.2) is 0 Å². The largest absolute Gasteiger partial charge is 0.379 e. The summed E-state index contributed by atoms with van der Waals surface area (Å²) in [6, 6.07) is 11.1. The summed E-state index contributed by atoms with van der Waals surface area (Å²) in [7, 11) is 1.74. The molecule has 9 heteroatoms. The fraction of sp³-hybridized carbons (Fsp3) is 0.621. The van der Waals surface area contributed by atoms with Gasteiger partial charge in [0.2, 0.25) is 0 Å². The fourth-order valence-corrected chi connectivity index (χ4v) is 5.71. The van der Waals surface area contributed by atoms with Gasteiger partial charge in [-0.05, 0) is 51.0 Å². The zero-order valence-corrected chi connectivity index (χ0v) is 22.6. The molecule has 206 valence electrons. The summed E-state index contributed by atoms with van der Waals surface area (Å²) in [4.78, 5) is 23.7. The molecule has 3 aliphatic heterocycles. The Morgan fingerprint density at radius 3 is 2.71 bits per heavy atom. The molecule has 1 aromatic heterocycles. The van der Waals surface area contributed by atoms with Crippen molar-refractivity contribution >= 4 is 11.7 Å². The van der Waals surface area contributed by atoms with Gasteiger partial charge in [-0.3, -0.25) is 4.79 Å². The van der Waals surface area contributed by atoms with Crippen molar-refractivity contribution in [1.29, 1.82) is 0 Å². The molecule has 4 atom stereocenters. The minimum atomic E-state index is -0.0388. The molecule has 2 aromatic rings. The number of hydrogen-bond acceptors (Lipinski definition) is 8. The molecular formula is C29H41N5O4. The lowest BCUT2D eigenvalue weighted by Gasteiger charge is -2.38. The van der Waals surface area contributed by atoms with E-state index in [4.69, 9.17) is 14.2 Å². The van der Waals surface area contributed by atoms with Crippen LogP contribution in [0.3, 0.4) is 0 Å². The molecule has 3 aliphatic rings. The van der Waals surface area contributed by atoms with Gasteiger partial charge in [0.05, 0.1) is 24.9 Å². The van der Waals surface area contributed by atoms with Gasteiger partial charge in [-0.2, -0.15) is 0 Å². The van der Waals surface area contributed by atoms with Crippen molar-refractivity contribution in [1.82, 2.24) is 20.2 Å². The first-order valence-electron chi connectivity index (χ1n) is 14.0. The summed E-state index contributed by atoms with van der Waals surface area (Å²) in [5.41, 5.74) is 2.92. The van der Waals surface area contributed by atoms with Gasteiger partial charge in [-0.15, -0.1) is 0 Å². The molecule has 2 N–H and O–H groups in total. The first-order chi connectivity index (χ1) is 18.6. The van der Waals surface area contributed by atoms with E-state index in [1.165, 1.54) is 17.5 Å². The Balaban J connectivity index is 1.10. The molecule has 3 saturated heterocycles. The highest BCUT2D eigenvalue weighted by atomic mass is 16.5. The van der Waals surface area contributed by atoms with E-state index in [-0.39, 0.29) is 24.2 Å². The molecule has 5 rings (SSSR count). The number of nitrogens with one attached hydrogen (secondary N) is 2. The minimum absolute atomic E-state index is 0.0388. The number of hydrogen-bond donors (Lipinski definition) is 2. The van der Waals surface area contributed by atoms with Crippen LogP contribution in [0, 0.1) is 6.92 Å². The Morgan fingerprint density at radius 1 is 1.11 bits per heavy atom. The second-order valence-corrected chi connectivity index (χ2v) is 10.7. The lowest BCUT2D eigenvalue weighted by molar-refractivity contribution is -0.0533. The van der Waals surface area contributed by atoms with Gasteiger partial charge in [0, 0.05) is 51.5 Å². The van der Waals surface area contributed by atoms with Gasteiger partial charge in [0.25, 0.3) is 5.91 Å². The van der Waals surface area contributed by atoms with Crippen molar-refractivity contribution in [3.05, 3.63) is 53.5 Å². The zero-order chi connectivity index (χ0) is 26.3. The van der Waals surface area contributed by atoms with E-state index in [0.29, 0.717) is 49.8 Å². The van der Waals surface area contributed by atoms with Crippen molar-refractivity contribution < 1.29 is 19.0 Å².